The van der Waals surface area contributed by atoms with Crippen molar-refractivity contribution in [1.82, 2.24) is 26.4 Å². The lowest BCUT2D eigenvalue weighted by molar-refractivity contribution is 0.0167. The van der Waals surface area contributed by atoms with Gasteiger partial charge in [-0.05, 0) is 5.56 Å². The first-order chi connectivity index (χ1) is 11.3. The smallest absolute Gasteiger partial charge is 0.315 e. The predicted molar refractivity (Wildman–Crippen MR) is 87.9 cm³/mol. The quantitative estimate of drug-likeness (QED) is 0.606. The first-order valence-corrected chi connectivity index (χ1v) is 8.20. The van der Waals surface area contributed by atoms with E-state index >= 15 is 0 Å². The Kier molecular flexibility index (Phi) is 5.82. The van der Waals surface area contributed by atoms with Crippen LogP contribution in [-0.2, 0) is 4.74 Å². The van der Waals surface area contributed by atoms with E-state index in [2.05, 4.69) is 38.5 Å². The molecule has 1 unspecified atom stereocenters. The van der Waals surface area contributed by atoms with Crippen molar-refractivity contribution in [3.05, 3.63) is 35.9 Å². The summed E-state index contributed by atoms with van der Waals surface area (Å²) in [5.74, 6) is 0. The summed E-state index contributed by atoms with van der Waals surface area (Å²) < 4.78 is 5.44. The van der Waals surface area contributed by atoms with Gasteiger partial charge in [-0.2, -0.15) is 0 Å². The fourth-order valence-electron chi connectivity index (χ4n) is 3.01. The molecule has 2 aliphatic rings. The number of morpholine rings is 1. The third-order valence-corrected chi connectivity index (χ3v) is 4.28. The minimum atomic E-state index is -0.116. The van der Waals surface area contributed by atoms with Crippen LogP contribution in [0.1, 0.15) is 11.6 Å². The molecule has 1 aromatic rings. The average molecular weight is 319 g/mol. The van der Waals surface area contributed by atoms with Crippen LogP contribution in [0.5, 0.6) is 0 Å². The van der Waals surface area contributed by atoms with Gasteiger partial charge in [0.05, 0.1) is 25.3 Å². The highest BCUT2D eigenvalue weighted by molar-refractivity contribution is 5.74. The van der Waals surface area contributed by atoms with Crippen LogP contribution < -0.4 is 21.5 Å². The van der Waals surface area contributed by atoms with Crippen molar-refractivity contribution in [3.8, 4) is 0 Å². The van der Waals surface area contributed by atoms with E-state index in [1.165, 1.54) is 5.56 Å². The van der Waals surface area contributed by atoms with E-state index < -0.39 is 0 Å². The number of hydrogen-bond acceptors (Lipinski definition) is 5. The van der Waals surface area contributed by atoms with Crippen molar-refractivity contribution in [3.63, 3.8) is 0 Å². The van der Waals surface area contributed by atoms with Gasteiger partial charge in [-0.15, -0.1) is 0 Å². The Hall–Kier alpha value is -1.67. The number of ether oxygens (including phenoxy) is 1. The maximum Gasteiger partial charge on any atom is 0.315 e. The van der Waals surface area contributed by atoms with Crippen LogP contribution in [-0.4, -0.2) is 62.9 Å². The standard InChI is InChI=1S/C16H25N5O2/c22-16(20-14-10-18-19-11-14)17-12-15(13-4-2-1-3-5-13)21-6-8-23-9-7-21/h1-5,14-15,18-19H,6-12H2,(H2,17,20,22). The summed E-state index contributed by atoms with van der Waals surface area (Å²) in [6.45, 7) is 5.35. The number of nitrogens with one attached hydrogen (secondary N) is 4. The summed E-state index contributed by atoms with van der Waals surface area (Å²) in [6.07, 6.45) is 0. The molecule has 2 amide bonds. The number of urea groups is 1. The highest BCUT2D eigenvalue weighted by Crippen LogP contribution is 2.20. The van der Waals surface area contributed by atoms with Gasteiger partial charge in [0.15, 0.2) is 0 Å². The normalized spacial score (nSPS) is 21.0. The molecule has 3 rings (SSSR count). The monoisotopic (exact) mass is 319 g/mol. The molecule has 2 fully saturated rings. The molecular weight excluding hydrogens is 294 g/mol. The summed E-state index contributed by atoms with van der Waals surface area (Å²) in [4.78, 5) is 14.5. The zero-order valence-corrected chi connectivity index (χ0v) is 13.3. The number of amides is 2. The lowest BCUT2D eigenvalue weighted by Crippen LogP contribution is -2.48. The van der Waals surface area contributed by atoms with Gasteiger partial charge in [-0.1, -0.05) is 30.3 Å². The molecular formula is C16H25N5O2. The molecule has 126 valence electrons. The van der Waals surface area contributed by atoms with Crippen LogP contribution in [0.3, 0.4) is 0 Å². The zero-order valence-electron chi connectivity index (χ0n) is 13.3. The topological polar surface area (TPSA) is 77.7 Å². The molecule has 2 aliphatic heterocycles. The van der Waals surface area contributed by atoms with E-state index in [1.807, 2.05) is 18.2 Å². The Balaban J connectivity index is 1.58. The van der Waals surface area contributed by atoms with E-state index in [-0.39, 0.29) is 18.1 Å². The molecule has 0 aliphatic carbocycles. The van der Waals surface area contributed by atoms with Crippen molar-refractivity contribution >= 4 is 6.03 Å². The molecule has 0 bridgehead atoms. The Bertz CT molecular complexity index is 487. The van der Waals surface area contributed by atoms with Crippen molar-refractivity contribution in [2.75, 3.05) is 45.9 Å². The van der Waals surface area contributed by atoms with Crippen LogP contribution in [0.4, 0.5) is 4.79 Å². The summed E-state index contributed by atoms with van der Waals surface area (Å²) >= 11 is 0. The summed E-state index contributed by atoms with van der Waals surface area (Å²) in [6, 6.07) is 10.5. The van der Waals surface area contributed by atoms with Gasteiger partial charge in [-0.3, -0.25) is 15.8 Å². The molecule has 0 radical (unpaired) electrons. The molecule has 2 saturated heterocycles. The fraction of sp³-hybridized carbons (Fsp3) is 0.562. The zero-order chi connectivity index (χ0) is 15.9. The van der Waals surface area contributed by atoms with Gasteiger partial charge in [0, 0.05) is 32.7 Å². The first kappa shape index (κ1) is 16.2. The maximum atomic E-state index is 12.1. The summed E-state index contributed by atoms with van der Waals surface area (Å²) in [5.41, 5.74) is 7.23. The second-order valence-electron chi connectivity index (χ2n) is 5.89. The predicted octanol–water partition coefficient (Wildman–Crippen LogP) is -0.164. The van der Waals surface area contributed by atoms with Crippen molar-refractivity contribution in [2.24, 2.45) is 0 Å². The largest absolute Gasteiger partial charge is 0.379 e. The molecule has 2 heterocycles. The number of hydrazine groups is 1. The van der Waals surface area contributed by atoms with Gasteiger partial charge in [-0.25, -0.2) is 4.79 Å². The second kappa shape index (κ2) is 8.26. The Morgan fingerprint density at radius 1 is 1.22 bits per heavy atom. The van der Waals surface area contributed by atoms with Crippen molar-refractivity contribution in [2.45, 2.75) is 12.1 Å². The molecule has 1 atom stereocenters. The maximum absolute atomic E-state index is 12.1. The molecule has 1 aromatic carbocycles. The third-order valence-electron chi connectivity index (χ3n) is 4.28. The first-order valence-electron chi connectivity index (χ1n) is 8.20. The minimum absolute atomic E-state index is 0.116. The highest BCUT2D eigenvalue weighted by atomic mass is 16.5. The van der Waals surface area contributed by atoms with Crippen molar-refractivity contribution in [1.29, 1.82) is 0 Å². The highest BCUT2D eigenvalue weighted by Gasteiger charge is 2.23. The van der Waals surface area contributed by atoms with Gasteiger partial charge >= 0.3 is 6.03 Å². The van der Waals surface area contributed by atoms with E-state index in [1.54, 1.807) is 0 Å². The minimum Gasteiger partial charge on any atom is -0.379 e. The Labute approximate surface area is 136 Å². The van der Waals surface area contributed by atoms with Crippen LogP contribution in [0.2, 0.25) is 0 Å². The fourth-order valence-corrected chi connectivity index (χ4v) is 3.01. The van der Waals surface area contributed by atoms with E-state index in [4.69, 9.17) is 4.74 Å². The molecule has 23 heavy (non-hydrogen) atoms. The van der Waals surface area contributed by atoms with Crippen LogP contribution >= 0.6 is 0 Å². The van der Waals surface area contributed by atoms with Crippen LogP contribution in [0.15, 0.2) is 30.3 Å². The van der Waals surface area contributed by atoms with Gasteiger partial charge in [0.25, 0.3) is 0 Å². The Morgan fingerprint density at radius 3 is 2.61 bits per heavy atom. The average Bonchev–Trinajstić information content (AvgIpc) is 3.10. The lowest BCUT2D eigenvalue weighted by Gasteiger charge is -2.35. The molecule has 0 spiro atoms. The van der Waals surface area contributed by atoms with E-state index in [0.29, 0.717) is 6.54 Å². The lowest BCUT2D eigenvalue weighted by atomic mass is 10.0. The van der Waals surface area contributed by atoms with Crippen molar-refractivity contribution < 1.29 is 9.53 Å². The number of rotatable bonds is 5. The molecule has 4 N–H and O–H groups in total. The number of carbonyl (C=O) groups is 1. The number of carbonyl (C=O) groups excluding carboxylic acids is 1. The van der Waals surface area contributed by atoms with Gasteiger partial charge < -0.3 is 15.4 Å². The van der Waals surface area contributed by atoms with Gasteiger partial charge in [0.1, 0.15) is 0 Å². The Morgan fingerprint density at radius 2 is 1.91 bits per heavy atom. The van der Waals surface area contributed by atoms with Crippen LogP contribution in [0.25, 0.3) is 0 Å². The molecule has 7 nitrogen and oxygen atoms in total. The molecule has 7 heteroatoms. The molecule has 0 saturated carbocycles. The SMILES string of the molecule is O=C(NCC(c1ccccc1)N1CCOCC1)NC1CNNC1. The second-order valence-corrected chi connectivity index (χ2v) is 5.89. The van der Waals surface area contributed by atoms with Crippen LogP contribution in [0, 0.1) is 0 Å². The summed E-state index contributed by atoms with van der Waals surface area (Å²) in [5, 5.41) is 5.99. The third kappa shape index (κ3) is 4.65. The summed E-state index contributed by atoms with van der Waals surface area (Å²) in [7, 11) is 0. The van der Waals surface area contributed by atoms with E-state index in [0.717, 1.165) is 39.4 Å². The molecule has 0 aromatic heterocycles. The van der Waals surface area contributed by atoms with Gasteiger partial charge in [0.2, 0.25) is 0 Å². The number of benzene rings is 1. The number of hydrogen-bond donors (Lipinski definition) is 4. The number of nitrogens with zero attached hydrogens (tertiary/aromatic N) is 1. The van der Waals surface area contributed by atoms with E-state index in [9.17, 15) is 4.79 Å².